The van der Waals surface area contributed by atoms with Crippen LogP contribution in [0.4, 0.5) is 0 Å². The van der Waals surface area contributed by atoms with Crippen LogP contribution in [-0.4, -0.2) is 28.9 Å². The van der Waals surface area contributed by atoms with Crippen molar-refractivity contribution in [2.75, 3.05) is 13.1 Å². The summed E-state index contributed by atoms with van der Waals surface area (Å²) < 4.78 is 0. The third-order valence-corrected chi connectivity index (χ3v) is 4.43. The Bertz CT molecular complexity index is 862. The summed E-state index contributed by atoms with van der Waals surface area (Å²) in [6.07, 6.45) is 2.09. The first-order valence-corrected chi connectivity index (χ1v) is 8.24. The minimum atomic E-state index is -0.226. The highest BCUT2D eigenvalue weighted by Gasteiger charge is 2.23. The molecule has 124 valence electrons. The molecule has 1 amide bonds. The SMILES string of the molecule is Cc1ccccc1C1=CCN(C(=O)c2cc(C(C)C)[nH]c(=O)c2)C1. The molecular formula is C20H22N2O2. The molecule has 1 N–H and O–H groups in total. The molecule has 2 aromatic rings. The van der Waals surface area contributed by atoms with E-state index in [1.165, 1.54) is 17.2 Å². The van der Waals surface area contributed by atoms with Gasteiger partial charge in [0, 0.05) is 30.4 Å². The van der Waals surface area contributed by atoms with Crippen molar-refractivity contribution in [3.63, 3.8) is 0 Å². The Hall–Kier alpha value is -2.62. The summed E-state index contributed by atoms with van der Waals surface area (Å²) in [5.74, 6) is 0.0764. The number of aromatic nitrogens is 1. The van der Waals surface area contributed by atoms with E-state index in [1.807, 2.05) is 26.0 Å². The number of carbonyl (C=O) groups is 1. The van der Waals surface area contributed by atoms with Crippen LogP contribution in [0.15, 0.2) is 47.3 Å². The van der Waals surface area contributed by atoms with Gasteiger partial charge in [-0.25, -0.2) is 0 Å². The largest absolute Gasteiger partial charge is 0.331 e. The molecule has 0 radical (unpaired) electrons. The lowest BCUT2D eigenvalue weighted by Crippen LogP contribution is -2.30. The van der Waals surface area contributed by atoms with Crippen LogP contribution >= 0.6 is 0 Å². The summed E-state index contributed by atoms with van der Waals surface area (Å²) in [6, 6.07) is 11.4. The zero-order valence-electron chi connectivity index (χ0n) is 14.3. The Morgan fingerprint density at radius 2 is 1.96 bits per heavy atom. The molecule has 4 nitrogen and oxygen atoms in total. The number of rotatable bonds is 3. The normalized spacial score (nSPS) is 14.2. The highest BCUT2D eigenvalue weighted by atomic mass is 16.2. The van der Waals surface area contributed by atoms with E-state index in [2.05, 4.69) is 30.1 Å². The van der Waals surface area contributed by atoms with Crippen molar-refractivity contribution in [2.45, 2.75) is 26.7 Å². The fourth-order valence-corrected chi connectivity index (χ4v) is 3.02. The molecule has 3 rings (SSSR count). The van der Waals surface area contributed by atoms with Crippen molar-refractivity contribution < 1.29 is 4.79 Å². The predicted molar refractivity (Wildman–Crippen MR) is 96.2 cm³/mol. The standard InChI is InChI=1S/C20H22N2O2/c1-13(2)18-10-16(11-19(23)21-18)20(24)22-9-8-15(12-22)17-7-5-4-6-14(17)3/h4-8,10-11,13H,9,12H2,1-3H3,(H,21,23). The van der Waals surface area contributed by atoms with Crippen molar-refractivity contribution in [2.24, 2.45) is 0 Å². The van der Waals surface area contributed by atoms with Crippen molar-refractivity contribution >= 4 is 11.5 Å². The summed E-state index contributed by atoms with van der Waals surface area (Å²) in [4.78, 5) is 29.2. The third kappa shape index (κ3) is 3.18. The molecule has 0 unspecified atom stereocenters. The van der Waals surface area contributed by atoms with E-state index < -0.39 is 0 Å². The summed E-state index contributed by atoms with van der Waals surface area (Å²) in [6.45, 7) is 7.21. The lowest BCUT2D eigenvalue weighted by atomic mass is 10.0. The van der Waals surface area contributed by atoms with Gasteiger partial charge in [0.05, 0.1) is 0 Å². The van der Waals surface area contributed by atoms with E-state index in [4.69, 9.17) is 0 Å². The third-order valence-electron chi connectivity index (χ3n) is 4.43. The van der Waals surface area contributed by atoms with Gasteiger partial charge in [-0.2, -0.15) is 0 Å². The fourth-order valence-electron chi connectivity index (χ4n) is 3.02. The van der Waals surface area contributed by atoms with Gasteiger partial charge in [-0.15, -0.1) is 0 Å². The lowest BCUT2D eigenvalue weighted by molar-refractivity contribution is 0.0801. The number of hydrogen-bond donors (Lipinski definition) is 1. The average Bonchev–Trinajstić information content (AvgIpc) is 3.03. The Kier molecular flexibility index (Phi) is 4.38. The number of nitrogens with one attached hydrogen (secondary N) is 1. The maximum atomic E-state index is 12.8. The van der Waals surface area contributed by atoms with Crippen LogP contribution in [0, 0.1) is 6.92 Å². The molecule has 0 spiro atoms. The lowest BCUT2D eigenvalue weighted by Gasteiger charge is -2.18. The average molecular weight is 322 g/mol. The van der Waals surface area contributed by atoms with Crippen molar-refractivity contribution in [1.82, 2.24) is 9.88 Å². The Labute approximate surface area is 141 Å². The van der Waals surface area contributed by atoms with Crippen molar-refractivity contribution in [1.29, 1.82) is 0 Å². The smallest absolute Gasteiger partial charge is 0.254 e. The molecule has 0 atom stereocenters. The van der Waals surface area contributed by atoms with Gasteiger partial charge < -0.3 is 9.88 Å². The molecule has 1 aliphatic rings. The molecule has 24 heavy (non-hydrogen) atoms. The second-order valence-corrected chi connectivity index (χ2v) is 6.57. The van der Waals surface area contributed by atoms with Crippen LogP contribution in [0.5, 0.6) is 0 Å². The van der Waals surface area contributed by atoms with E-state index in [-0.39, 0.29) is 17.4 Å². The number of benzene rings is 1. The minimum absolute atomic E-state index is 0.0946. The molecule has 1 aliphatic heterocycles. The van der Waals surface area contributed by atoms with Crippen LogP contribution in [0.3, 0.4) is 0 Å². The minimum Gasteiger partial charge on any atom is -0.331 e. The van der Waals surface area contributed by atoms with Gasteiger partial charge in [0.2, 0.25) is 5.56 Å². The predicted octanol–water partition coefficient (Wildman–Crippen LogP) is 3.35. The Morgan fingerprint density at radius 3 is 2.67 bits per heavy atom. The highest BCUT2D eigenvalue weighted by Crippen LogP contribution is 2.25. The van der Waals surface area contributed by atoms with Crippen LogP contribution in [0.25, 0.3) is 5.57 Å². The molecule has 0 aliphatic carbocycles. The van der Waals surface area contributed by atoms with Gasteiger partial charge in [0.15, 0.2) is 0 Å². The van der Waals surface area contributed by atoms with E-state index in [0.29, 0.717) is 18.7 Å². The molecule has 0 saturated carbocycles. The molecule has 1 aromatic carbocycles. The zero-order chi connectivity index (χ0) is 17.3. The first kappa shape index (κ1) is 16.2. The van der Waals surface area contributed by atoms with Crippen LogP contribution in [0.1, 0.15) is 46.9 Å². The molecule has 0 bridgehead atoms. The van der Waals surface area contributed by atoms with Crippen LogP contribution in [-0.2, 0) is 0 Å². The number of nitrogens with zero attached hydrogens (tertiary/aromatic N) is 1. The Morgan fingerprint density at radius 1 is 1.21 bits per heavy atom. The number of pyridine rings is 1. The quantitative estimate of drug-likeness (QED) is 0.942. The fraction of sp³-hybridized carbons (Fsp3) is 0.300. The zero-order valence-corrected chi connectivity index (χ0v) is 14.3. The number of amides is 1. The molecule has 0 fully saturated rings. The van der Waals surface area contributed by atoms with Crippen LogP contribution < -0.4 is 5.56 Å². The molecule has 0 saturated heterocycles. The van der Waals surface area contributed by atoms with Crippen molar-refractivity contribution in [3.8, 4) is 0 Å². The summed E-state index contributed by atoms with van der Waals surface area (Å²) in [7, 11) is 0. The number of aromatic amines is 1. The summed E-state index contributed by atoms with van der Waals surface area (Å²) in [5, 5.41) is 0. The molecule has 1 aromatic heterocycles. The van der Waals surface area contributed by atoms with Gasteiger partial charge in [-0.1, -0.05) is 44.2 Å². The maximum absolute atomic E-state index is 12.8. The summed E-state index contributed by atoms with van der Waals surface area (Å²) >= 11 is 0. The van der Waals surface area contributed by atoms with Crippen LogP contribution in [0.2, 0.25) is 0 Å². The Balaban J connectivity index is 1.82. The summed E-state index contributed by atoms with van der Waals surface area (Å²) in [5.41, 5.74) is 4.57. The number of hydrogen-bond acceptors (Lipinski definition) is 2. The van der Waals surface area contributed by atoms with E-state index in [9.17, 15) is 9.59 Å². The van der Waals surface area contributed by atoms with Crippen molar-refractivity contribution in [3.05, 3.63) is 75.2 Å². The molecular weight excluding hydrogens is 300 g/mol. The second kappa shape index (κ2) is 6.48. The molecule has 2 heterocycles. The first-order valence-electron chi connectivity index (χ1n) is 8.24. The number of H-pyrrole nitrogens is 1. The van der Waals surface area contributed by atoms with E-state index >= 15 is 0 Å². The van der Waals surface area contributed by atoms with E-state index in [1.54, 1.807) is 11.0 Å². The second-order valence-electron chi connectivity index (χ2n) is 6.57. The van der Waals surface area contributed by atoms with Gasteiger partial charge in [-0.3, -0.25) is 9.59 Å². The number of aryl methyl sites for hydroxylation is 1. The van der Waals surface area contributed by atoms with Gasteiger partial charge >= 0.3 is 0 Å². The van der Waals surface area contributed by atoms with Gasteiger partial charge in [0.1, 0.15) is 0 Å². The topological polar surface area (TPSA) is 53.2 Å². The van der Waals surface area contributed by atoms with E-state index in [0.717, 1.165) is 11.3 Å². The van der Waals surface area contributed by atoms with Gasteiger partial charge in [-0.05, 0) is 35.6 Å². The first-order chi connectivity index (χ1) is 11.5. The highest BCUT2D eigenvalue weighted by molar-refractivity contribution is 5.96. The monoisotopic (exact) mass is 322 g/mol. The number of carbonyl (C=O) groups excluding carboxylic acids is 1. The van der Waals surface area contributed by atoms with Gasteiger partial charge in [0.25, 0.3) is 5.91 Å². The maximum Gasteiger partial charge on any atom is 0.254 e. The molecule has 4 heteroatoms.